The van der Waals surface area contributed by atoms with Crippen LogP contribution in [0.25, 0.3) is 0 Å². The van der Waals surface area contributed by atoms with E-state index in [1.54, 1.807) is 12.2 Å². The van der Waals surface area contributed by atoms with Gasteiger partial charge in [-0.05, 0) is 49.7 Å². The van der Waals surface area contributed by atoms with Gasteiger partial charge < -0.3 is 31.1 Å². The lowest BCUT2D eigenvalue weighted by Crippen LogP contribution is -2.61. The first-order valence-corrected chi connectivity index (χ1v) is 16.8. The van der Waals surface area contributed by atoms with Crippen LogP contribution < -0.4 is 21.3 Å². The van der Waals surface area contributed by atoms with Gasteiger partial charge in [0.05, 0.1) is 0 Å². The first-order chi connectivity index (χ1) is 23.3. The predicted octanol–water partition coefficient (Wildman–Crippen LogP) is 0.757. The molecule has 252 valence electrons. The number of rotatable bonds is 4. The van der Waals surface area contributed by atoms with Gasteiger partial charge in [-0.2, -0.15) is 0 Å². The second-order valence-corrected chi connectivity index (χ2v) is 12.9. The monoisotopic (exact) mass is 654 g/mol. The van der Waals surface area contributed by atoms with E-state index in [2.05, 4.69) is 21.3 Å². The maximum absolute atomic E-state index is 14.1. The topological polar surface area (TPSA) is 157 Å². The van der Waals surface area contributed by atoms with Gasteiger partial charge in [-0.1, -0.05) is 72.8 Å². The van der Waals surface area contributed by atoms with Crippen molar-refractivity contribution in [3.05, 3.63) is 83.9 Å². The fourth-order valence-electron chi connectivity index (χ4n) is 7.11. The number of nitrogens with zero attached hydrogens (tertiary/aromatic N) is 2. The highest BCUT2D eigenvalue weighted by molar-refractivity contribution is 5.99. The summed E-state index contributed by atoms with van der Waals surface area (Å²) in [6.45, 7) is 0.641. The van der Waals surface area contributed by atoms with Gasteiger partial charge >= 0.3 is 0 Å². The quantitative estimate of drug-likeness (QED) is 0.357. The number of hydrogen-bond donors (Lipinski definition) is 4. The standard InChI is InChI=1S/C36H42N6O6/c43-31-27(21-23-11-3-1-4-12-23)39-33(45)29-17-9-19-41(29)36(48)26-16-8-7-15-25(37-31)35(47)42-20-10-18-30(42)34(46)40-28(32(44)38-26)22-24-13-5-2-6-14-24/h1-8,11-14,25-30H,9-10,15-22H2,(H,37,43)(H,38,44)(H,39,45)(H,40,46)/b8-7-/t25-,26-,27+,28+,29+,30+/m1/s1. The Kier molecular flexibility index (Phi) is 10.2. The Hall–Kier alpha value is -5.00. The molecule has 4 heterocycles. The molecular weight excluding hydrogens is 612 g/mol. The third-order valence-electron chi connectivity index (χ3n) is 9.65. The van der Waals surface area contributed by atoms with E-state index in [-0.39, 0.29) is 25.7 Å². The molecule has 4 aliphatic heterocycles. The first-order valence-electron chi connectivity index (χ1n) is 16.8. The molecule has 0 aromatic heterocycles. The Morgan fingerprint density at radius 1 is 0.521 bits per heavy atom. The zero-order chi connectivity index (χ0) is 33.6. The lowest BCUT2D eigenvalue weighted by Gasteiger charge is -2.33. The number of fused-ring (bicyclic) bond motifs is 6. The number of amides is 6. The second-order valence-electron chi connectivity index (χ2n) is 12.9. The molecule has 2 aromatic rings. The van der Waals surface area contributed by atoms with Gasteiger partial charge in [0.1, 0.15) is 36.3 Å². The molecule has 0 spiro atoms. The van der Waals surface area contributed by atoms with Crippen LogP contribution in [0.2, 0.25) is 0 Å². The Bertz CT molecular complexity index is 1450. The molecule has 6 rings (SSSR count). The van der Waals surface area contributed by atoms with Gasteiger partial charge in [0.2, 0.25) is 35.4 Å². The molecule has 4 N–H and O–H groups in total. The molecule has 2 aromatic carbocycles. The van der Waals surface area contributed by atoms with Crippen molar-refractivity contribution in [1.82, 2.24) is 31.1 Å². The number of carbonyl (C=O) groups excluding carboxylic acids is 6. The zero-order valence-corrected chi connectivity index (χ0v) is 26.8. The van der Waals surface area contributed by atoms with E-state index in [0.717, 1.165) is 11.1 Å². The van der Waals surface area contributed by atoms with E-state index in [1.165, 1.54) is 9.80 Å². The minimum atomic E-state index is -1.02. The fraction of sp³-hybridized carbons (Fsp3) is 0.444. The number of carbonyl (C=O) groups is 6. The number of benzene rings is 2. The number of nitrogens with one attached hydrogen (secondary N) is 4. The summed E-state index contributed by atoms with van der Waals surface area (Å²) in [5, 5.41) is 11.5. The van der Waals surface area contributed by atoms with Crippen molar-refractivity contribution >= 4 is 35.4 Å². The Balaban J connectivity index is 1.38. The van der Waals surface area contributed by atoms with Crippen LogP contribution in [0.1, 0.15) is 49.7 Å². The summed E-state index contributed by atoms with van der Waals surface area (Å²) in [7, 11) is 0. The molecule has 6 atom stereocenters. The van der Waals surface area contributed by atoms with Crippen molar-refractivity contribution < 1.29 is 28.8 Å². The highest BCUT2D eigenvalue weighted by Crippen LogP contribution is 2.23. The van der Waals surface area contributed by atoms with Gasteiger partial charge in [-0.15, -0.1) is 0 Å². The molecule has 0 unspecified atom stereocenters. The molecule has 12 heteroatoms. The lowest BCUT2D eigenvalue weighted by atomic mass is 10.0. The highest BCUT2D eigenvalue weighted by atomic mass is 16.2. The highest BCUT2D eigenvalue weighted by Gasteiger charge is 2.42. The Morgan fingerprint density at radius 3 is 1.31 bits per heavy atom. The molecule has 4 aliphatic rings. The van der Waals surface area contributed by atoms with E-state index in [0.29, 0.717) is 38.8 Å². The van der Waals surface area contributed by atoms with Crippen LogP contribution in [0, 0.1) is 0 Å². The second kappa shape index (κ2) is 14.8. The SMILES string of the molecule is O=C1N[C@@H]2C/C=C\C[C@@H](NC(=O)[C@H](Cc3ccccc3)NC(=O)[C@@H]3CCCN3C2=O)C(=O)N2CCC[C@H]2C(=O)N[C@H]1Cc1ccccc1. The van der Waals surface area contributed by atoms with Crippen molar-refractivity contribution in [2.45, 2.75) is 87.6 Å². The van der Waals surface area contributed by atoms with E-state index in [9.17, 15) is 28.8 Å². The molecular formula is C36H42N6O6. The van der Waals surface area contributed by atoms with Gasteiger partial charge in [0, 0.05) is 25.9 Å². The van der Waals surface area contributed by atoms with E-state index >= 15 is 0 Å². The molecule has 0 aliphatic carbocycles. The van der Waals surface area contributed by atoms with Crippen LogP contribution in [0.5, 0.6) is 0 Å². The summed E-state index contributed by atoms with van der Waals surface area (Å²) in [6, 6.07) is 12.7. The van der Waals surface area contributed by atoms with Crippen molar-refractivity contribution in [2.75, 3.05) is 13.1 Å². The van der Waals surface area contributed by atoms with Crippen LogP contribution >= 0.6 is 0 Å². The fourth-order valence-corrected chi connectivity index (χ4v) is 7.11. The molecule has 6 amide bonds. The smallest absolute Gasteiger partial charge is 0.246 e. The normalized spacial score (nSPS) is 29.3. The summed E-state index contributed by atoms with van der Waals surface area (Å²) in [4.78, 5) is 86.7. The molecule has 12 nitrogen and oxygen atoms in total. The van der Waals surface area contributed by atoms with Gasteiger partial charge in [0.15, 0.2) is 0 Å². The lowest BCUT2D eigenvalue weighted by molar-refractivity contribution is -0.144. The minimum absolute atomic E-state index is 0.0965. The maximum atomic E-state index is 14.1. The maximum Gasteiger partial charge on any atom is 0.246 e. The number of hydrogen-bond acceptors (Lipinski definition) is 6. The van der Waals surface area contributed by atoms with Crippen molar-refractivity contribution in [3.63, 3.8) is 0 Å². The largest absolute Gasteiger partial charge is 0.342 e. The summed E-state index contributed by atoms with van der Waals surface area (Å²) in [6.07, 6.45) is 5.95. The van der Waals surface area contributed by atoms with E-state index < -0.39 is 71.7 Å². The third kappa shape index (κ3) is 7.42. The first kappa shape index (κ1) is 32.9. The summed E-state index contributed by atoms with van der Waals surface area (Å²) in [5.41, 5.74) is 1.62. The van der Waals surface area contributed by atoms with Crippen LogP contribution in [0.4, 0.5) is 0 Å². The van der Waals surface area contributed by atoms with Crippen LogP contribution in [0.15, 0.2) is 72.8 Å². The van der Waals surface area contributed by atoms with Crippen molar-refractivity contribution in [1.29, 1.82) is 0 Å². The third-order valence-corrected chi connectivity index (χ3v) is 9.65. The minimum Gasteiger partial charge on any atom is -0.342 e. The van der Waals surface area contributed by atoms with Gasteiger partial charge in [0.25, 0.3) is 0 Å². The molecule has 48 heavy (non-hydrogen) atoms. The molecule has 0 radical (unpaired) electrons. The van der Waals surface area contributed by atoms with Crippen molar-refractivity contribution in [3.8, 4) is 0 Å². The van der Waals surface area contributed by atoms with Gasteiger partial charge in [-0.3, -0.25) is 28.8 Å². The van der Waals surface area contributed by atoms with Crippen LogP contribution in [-0.2, 0) is 41.6 Å². The predicted molar refractivity (Wildman–Crippen MR) is 176 cm³/mol. The summed E-state index contributed by atoms with van der Waals surface area (Å²) >= 11 is 0. The molecule has 0 saturated carbocycles. The van der Waals surface area contributed by atoms with Crippen molar-refractivity contribution in [2.24, 2.45) is 0 Å². The van der Waals surface area contributed by atoms with Crippen LogP contribution in [0.3, 0.4) is 0 Å². The average molecular weight is 655 g/mol. The van der Waals surface area contributed by atoms with Crippen LogP contribution in [-0.4, -0.2) is 94.6 Å². The molecule has 2 fully saturated rings. The Morgan fingerprint density at radius 2 is 0.917 bits per heavy atom. The van der Waals surface area contributed by atoms with Gasteiger partial charge in [-0.25, -0.2) is 0 Å². The van der Waals surface area contributed by atoms with E-state index in [1.807, 2.05) is 60.7 Å². The van der Waals surface area contributed by atoms with E-state index in [4.69, 9.17) is 0 Å². The Labute approximate surface area is 279 Å². The zero-order valence-electron chi connectivity index (χ0n) is 26.8. The molecule has 2 saturated heterocycles. The summed E-state index contributed by atoms with van der Waals surface area (Å²) in [5.74, 6) is -2.82. The summed E-state index contributed by atoms with van der Waals surface area (Å²) < 4.78 is 0. The average Bonchev–Trinajstić information content (AvgIpc) is 3.79. The molecule has 2 bridgehead atoms.